The van der Waals surface area contributed by atoms with Crippen LogP contribution in [-0.4, -0.2) is 42.1 Å². The van der Waals surface area contributed by atoms with Gasteiger partial charge in [-0.05, 0) is 72.8 Å². The van der Waals surface area contributed by atoms with E-state index < -0.39 is 11.9 Å². The third kappa shape index (κ3) is 5.08. The minimum absolute atomic E-state index is 0. The average Bonchev–Trinajstić information content (AvgIpc) is 3.80. The summed E-state index contributed by atoms with van der Waals surface area (Å²) in [7, 11) is 0. The number of H-pyrrole nitrogens is 2. The zero-order valence-corrected chi connectivity index (χ0v) is 23.6. The van der Waals surface area contributed by atoms with Gasteiger partial charge in [0.25, 0.3) is 0 Å². The van der Waals surface area contributed by atoms with E-state index in [-0.39, 0.29) is 28.2 Å². The van der Waals surface area contributed by atoms with Crippen LogP contribution in [0.4, 0.5) is 0 Å². The molecule has 0 spiro atoms. The standard InChI is InChI=1S/C34H22N4O4.Mn/c39-33(40)25-7-3-1-5-23(25)31-27-13-11-21(36-27)17-19-9-10-20(35-19)18-22-12-14-28(37-22)32(30-16-15-29(31)38-30)24-6-2-4-8-26(24)34(41)42;/h1-18,36-37H,(H,39,40)(H,41,42);. The number of aromatic amines is 2. The molecule has 1 radical (unpaired) electrons. The normalized spacial score (nSPS) is 11.7. The van der Waals surface area contributed by atoms with Crippen LogP contribution in [0.3, 0.4) is 0 Å². The number of aromatic nitrogens is 4. The molecule has 2 aromatic carbocycles. The number of aromatic carboxylic acids is 2. The van der Waals surface area contributed by atoms with E-state index in [2.05, 4.69) is 9.97 Å². The van der Waals surface area contributed by atoms with E-state index in [4.69, 9.17) is 9.97 Å². The second-order valence-corrected chi connectivity index (χ2v) is 9.91. The molecule has 2 aliphatic heterocycles. The molecule has 8 bridgehead atoms. The van der Waals surface area contributed by atoms with Crippen LogP contribution in [0.1, 0.15) is 43.5 Å². The Morgan fingerprint density at radius 2 is 1.00 bits per heavy atom. The van der Waals surface area contributed by atoms with Crippen LogP contribution < -0.4 is 0 Å². The first-order valence-electron chi connectivity index (χ1n) is 13.2. The molecule has 8 nitrogen and oxygen atoms in total. The van der Waals surface area contributed by atoms with Crippen molar-refractivity contribution in [1.29, 1.82) is 0 Å². The first-order chi connectivity index (χ1) is 20.4. The fourth-order valence-corrected chi connectivity index (χ4v) is 5.42. The molecule has 5 heterocycles. The summed E-state index contributed by atoms with van der Waals surface area (Å²) in [6.45, 7) is 0. The maximum Gasteiger partial charge on any atom is 0.336 e. The summed E-state index contributed by atoms with van der Waals surface area (Å²) in [5.41, 5.74) is 8.04. The van der Waals surface area contributed by atoms with Crippen molar-refractivity contribution in [3.63, 3.8) is 0 Å². The number of carbonyl (C=O) groups is 2. The van der Waals surface area contributed by atoms with Crippen molar-refractivity contribution in [2.75, 3.05) is 0 Å². The van der Waals surface area contributed by atoms with Crippen LogP contribution in [0.2, 0.25) is 0 Å². The van der Waals surface area contributed by atoms with Gasteiger partial charge in [0.1, 0.15) is 0 Å². The van der Waals surface area contributed by atoms with Gasteiger partial charge < -0.3 is 20.2 Å². The molecular formula is C34H22MnN4O4. The van der Waals surface area contributed by atoms with Crippen molar-refractivity contribution in [2.24, 2.45) is 0 Å². The Bertz CT molecular complexity index is 2030. The van der Waals surface area contributed by atoms with Gasteiger partial charge in [-0.3, -0.25) is 0 Å². The quantitative estimate of drug-likeness (QED) is 0.155. The molecule has 5 aromatic rings. The van der Waals surface area contributed by atoms with E-state index in [1.54, 1.807) is 48.5 Å². The van der Waals surface area contributed by atoms with Crippen molar-refractivity contribution in [1.82, 2.24) is 19.9 Å². The van der Waals surface area contributed by atoms with Gasteiger partial charge >= 0.3 is 11.9 Å². The number of nitrogens with zero attached hydrogens (tertiary/aromatic N) is 2. The van der Waals surface area contributed by atoms with Gasteiger partial charge in [0.2, 0.25) is 0 Å². The van der Waals surface area contributed by atoms with E-state index >= 15 is 0 Å². The molecule has 0 saturated carbocycles. The van der Waals surface area contributed by atoms with Crippen molar-refractivity contribution in [3.8, 4) is 22.3 Å². The van der Waals surface area contributed by atoms with Crippen LogP contribution in [0.25, 0.3) is 68.6 Å². The Labute approximate surface area is 255 Å². The Hall–Kier alpha value is -5.50. The van der Waals surface area contributed by atoms with E-state index in [0.29, 0.717) is 44.7 Å². The van der Waals surface area contributed by atoms with Gasteiger partial charge in [-0.1, -0.05) is 36.4 Å². The summed E-state index contributed by atoms with van der Waals surface area (Å²) < 4.78 is 0. The number of fused-ring (bicyclic) bond motifs is 8. The minimum Gasteiger partial charge on any atom is -0.478 e. The zero-order valence-electron chi connectivity index (χ0n) is 22.4. The number of benzene rings is 2. The number of carboxylic acids is 2. The molecule has 43 heavy (non-hydrogen) atoms. The molecule has 9 heteroatoms. The number of rotatable bonds is 4. The Balaban J connectivity index is 0.00000329. The Kier molecular flexibility index (Phi) is 7.11. The number of hydrogen-bond acceptors (Lipinski definition) is 4. The summed E-state index contributed by atoms with van der Waals surface area (Å²) in [5, 5.41) is 20.1. The second-order valence-electron chi connectivity index (χ2n) is 9.91. The van der Waals surface area contributed by atoms with Crippen molar-refractivity contribution >= 4 is 58.3 Å². The summed E-state index contributed by atoms with van der Waals surface area (Å²) in [6, 6.07) is 25.1. The molecule has 0 atom stereocenters. The SMILES string of the molecule is O=C(O)c1ccccc1-c1c2nc(c(-c3ccccc3C(=O)O)c3ccc(cc4nc(cc5ccc1[nH]5)C=C4)[nH]3)C=C2.[Mn]. The first kappa shape index (κ1) is 27.7. The summed E-state index contributed by atoms with van der Waals surface area (Å²) in [4.78, 5) is 41.1. The monoisotopic (exact) mass is 605 g/mol. The third-order valence-corrected chi connectivity index (χ3v) is 7.25. The van der Waals surface area contributed by atoms with Gasteiger partial charge in [-0.2, -0.15) is 0 Å². The summed E-state index contributed by atoms with van der Waals surface area (Å²) in [6.07, 6.45) is 7.50. The predicted molar refractivity (Wildman–Crippen MR) is 164 cm³/mol. The smallest absolute Gasteiger partial charge is 0.336 e. The van der Waals surface area contributed by atoms with Gasteiger partial charge in [0, 0.05) is 61.4 Å². The number of hydrogen-bond donors (Lipinski definition) is 4. The van der Waals surface area contributed by atoms with Crippen LogP contribution >= 0.6 is 0 Å². The van der Waals surface area contributed by atoms with E-state index in [0.717, 1.165) is 22.4 Å². The third-order valence-electron chi connectivity index (χ3n) is 7.25. The fourth-order valence-electron chi connectivity index (χ4n) is 5.42. The maximum absolute atomic E-state index is 12.3. The molecule has 209 valence electrons. The molecule has 0 aliphatic carbocycles. The molecular weight excluding hydrogens is 583 g/mol. The van der Waals surface area contributed by atoms with Crippen LogP contribution in [0.15, 0.2) is 84.9 Å². The molecule has 7 rings (SSSR count). The molecule has 2 aliphatic rings. The van der Waals surface area contributed by atoms with Gasteiger partial charge in [-0.15, -0.1) is 0 Å². The van der Waals surface area contributed by atoms with Crippen LogP contribution in [0.5, 0.6) is 0 Å². The molecule has 0 amide bonds. The summed E-state index contributed by atoms with van der Waals surface area (Å²) in [5.74, 6) is -2.11. The van der Waals surface area contributed by atoms with E-state index in [1.165, 1.54) is 0 Å². The number of nitrogens with one attached hydrogen (secondary N) is 2. The molecule has 4 N–H and O–H groups in total. The van der Waals surface area contributed by atoms with Gasteiger partial charge in [-0.25, -0.2) is 19.6 Å². The fraction of sp³-hybridized carbons (Fsp3) is 0. The van der Waals surface area contributed by atoms with Crippen LogP contribution in [0, 0.1) is 0 Å². The van der Waals surface area contributed by atoms with E-state index in [9.17, 15) is 19.8 Å². The Morgan fingerprint density at radius 3 is 1.44 bits per heavy atom. The maximum atomic E-state index is 12.3. The predicted octanol–water partition coefficient (Wildman–Crippen LogP) is 7.38. The first-order valence-corrected chi connectivity index (χ1v) is 13.2. The molecule has 0 fully saturated rings. The van der Waals surface area contributed by atoms with Gasteiger partial charge in [0.15, 0.2) is 0 Å². The second kappa shape index (κ2) is 11.1. The summed E-state index contributed by atoms with van der Waals surface area (Å²) >= 11 is 0. The van der Waals surface area contributed by atoms with Crippen molar-refractivity contribution in [2.45, 2.75) is 0 Å². The van der Waals surface area contributed by atoms with Crippen molar-refractivity contribution < 1.29 is 36.9 Å². The molecule has 3 aromatic heterocycles. The largest absolute Gasteiger partial charge is 0.478 e. The van der Waals surface area contributed by atoms with Crippen LogP contribution in [-0.2, 0) is 17.1 Å². The topological polar surface area (TPSA) is 132 Å². The molecule has 0 unspecified atom stereocenters. The minimum atomic E-state index is -1.05. The number of carboxylic acid groups (broad SMARTS) is 2. The van der Waals surface area contributed by atoms with Gasteiger partial charge in [0.05, 0.1) is 33.9 Å². The Morgan fingerprint density at radius 1 is 0.558 bits per heavy atom. The average molecular weight is 606 g/mol. The zero-order chi connectivity index (χ0) is 28.8. The van der Waals surface area contributed by atoms with Crippen molar-refractivity contribution in [3.05, 3.63) is 119 Å². The van der Waals surface area contributed by atoms with E-state index in [1.807, 2.05) is 60.7 Å². The molecule has 0 saturated heterocycles.